The molecule has 0 amide bonds. The number of carboxylic acids is 1. The smallest absolute Gasteiger partial charge is 0.337 e. The lowest BCUT2D eigenvalue weighted by atomic mass is 10.1. The van der Waals surface area contributed by atoms with Gasteiger partial charge in [0.15, 0.2) is 0 Å². The SMILES string of the molecule is CC1(C)CC1CNc1ccc(C(=O)O)c(Cl)c1. The van der Waals surface area contributed by atoms with Crippen LogP contribution in [-0.2, 0) is 0 Å². The van der Waals surface area contributed by atoms with Gasteiger partial charge in [-0.3, -0.25) is 0 Å². The fourth-order valence-electron chi connectivity index (χ4n) is 1.96. The van der Waals surface area contributed by atoms with Gasteiger partial charge in [0.2, 0.25) is 0 Å². The molecular weight excluding hydrogens is 238 g/mol. The predicted molar refractivity (Wildman–Crippen MR) is 68.8 cm³/mol. The Morgan fingerprint density at radius 2 is 2.24 bits per heavy atom. The molecule has 4 heteroatoms. The van der Waals surface area contributed by atoms with Gasteiger partial charge < -0.3 is 10.4 Å². The molecule has 17 heavy (non-hydrogen) atoms. The van der Waals surface area contributed by atoms with Crippen LogP contribution in [0.25, 0.3) is 0 Å². The molecule has 0 heterocycles. The maximum atomic E-state index is 10.8. The van der Waals surface area contributed by atoms with Crippen molar-refractivity contribution in [2.24, 2.45) is 11.3 Å². The molecule has 0 saturated heterocycles. The van der Waals surface area contributed by atoms with Crippen molar-refractivity contribution < 1.29 is 9.90 Å². The molecule has 2 rings (SSSR count). The summed E-state index contributed by atoms with van der Waals surface area (Å²) in [6, 6.07) is 4.95. The van der Waals surface area contributed by atoms with Crippen molar-refractivity contribution in [1.29, 1.82) is 0 Å². The second-order valence-electron chi connectivity index (χ2n) is 5.27. The third kappa shape index (κ3) is 2.72. The van der Waals surface area contributed by atoms with E-state index in [-0.39, 0.29) is 10.6 Å². The standard InChI is InChI=1S/C13H16ClNO2/c1-13(2)6-8(13)7-15-9-3-4-10(12(16)17)11(14)5-9/h3-5,8,15H,6-7H2,1-2H3,(H,16,17). The molecule has 0 aromatic heterocycles. The average Bonchev–Trinajstić information content (AvgIpc) is 2.83. The van der Waals surface area contributed by atoms with E-state index in [4.69, 9.17) is 16.7 Å². The van der Waals surface area contributed by atoms with Crippen LogP contribution in [0.5, 0.6) is 0 Å². The lowest BCUT2D eigenvalue weighted by Gasteiger charge is -2.09. The zero-order valence-corrected chi connectivity index (χ0v) is 10.7. The molecule has 3 nitrogen and oxygen atoms in total. The van der Waals surface area contributed by atoms with Crippen molar-refractivity contribution in [2.45, 2.75) is 20.3 Å². The summed E-state index contributed by atoms with van der Waals surface area (Å²) in [4.78, 5) is 10.8. The van der Waals surface area contributed by atoms with E-state index in [1.54, 1.807) is 12.1 Å². The summed E-state index contributed by atoms with van der Waals surface area (Å²) in [7, 11) is 0. The Morgan fingerprint density at radius 3 is 2.71 bits per heavy atom. The van der Waals surface area contributed by atoms with Gasteiger partial charge in [-0.1, -0.05) is 25.4 Å². The van der Waals surface area contributed by atoms with Crippen molar-refractivity contribution in [3.63, 3.8) is 0 Å². The second-order valence-corrected chi connectivity index (χ2v) is 5.68. The normalized spacial score (nSPS) is 21.0. The van der Waals surface area contributed by atoms with Gasteiger partial charge in [0.05, 0.1) is 10.6 Å². The van der Waals surface area contributed by atoms with Gasteiger partial charge in [0.1, 0.15) is 0 Å². The van der Waals surface area contributed by atoms with Crippen LogP contribution < -0.4 is 5.32 Å². The van der Waals surface area contributed by atoms with Crippen molar-refractivity contribution in [2.75, 3.05) is 11.9 Å². The molecule has 1 unspecified atom stereocenters. The summed E-state index contributed by atoms with van der Waals surface area (Å²) in [6.45, 7) is 5.41. The third-order valence-corrected chi connectivity index (χ3v) is 3.78. The minimum Gasteiger partial charge on any atom is -0.478 e. The van der Waals surface area contributed by atoms with E-state index in [0.717, 1.165) is 12.2 Å². The number of carbonyl (C=O) groups is 1. The van der Waals surface area contributed by atoms with E-state index in [1.165, 1.54) is 12.5 Å². The van der Waals surface area contributed by atoms with E-state index < -0.39 is 5.97 Å². The van der Waals surface area contributed by atoms with Crippen molar-refractivity contribution in [1.82, 2.24) is 0 Å². The van der Waals surface area contributed by atoms with Crippen molar-refractivity contribution in [3.8, 4) is 0 Å². The maximum Gasteiger partial charge on any atom is 0.337 e. The topological polar surface area (TPSA) is 49.3 Å². The Hall–Kier alpha value is -1.22. The molecule has 1 fully saturated rings. The first-order valence-corrected chi connectivity index (χ1v) is 6.04. The number of halogens is 1. The van der Waals surface area contributed by atoms with Gasteiger partial charge in [0.25, 0.3) is 0 Å². The Balaban J connectivity index is 1.98. The van der Waals surface area contributed by atoms with E-state index >= 15 is 0 Å². The van der Waals surface area contributed by atoms with Crippen molar-refractivity contribution >= 4 is 23.3 Å². The van der Waals surface area contributed by atoms with Gasteiger partial charge in [-0.05, 0) is 36.0 Å². The molecule has 0 radical (unpaired) electrons. The molecule has 1 aliphatic rings. The fourth-order valence-corrected chi connectivity index (χ4v) is 2.23. The Bertz CT molecular complexity index is 457. The first-order chi connectivity index (χ1) is 7.90. The van der Waals surface area contributed by atoms with E-state index in [0.29, 0.717) is 11.3 Å². The number of hydrogen-bond donors (Lipinski definition) is 2. The van der Waals surface area contributed by atoms with Crippen LogP contribution in [0, 0.1) is 11.3 Å². The van der Waals surface area contributed by atoms with Crippen LogP contribution in [0.2, 0.25) is 5.02 Å². The minimum absolute atomic E-state index is 0.143. The largest absolute Gasteiger partial charge is 0.478 e. The number of nitrogens with one attached hydrogen (secondary N) is 1. The Morgan fingerprint density at radius 1 is 1.59 bits per heavy atom. The maximum absolute atomic E-state index is 10.8. The molecule has 0 spiro atoms. The van der Waals surface area contributed by atoms with E-state index in [2.05, 4.69) is 19.2 Å². The lowest BCUT2D eigenvalue weighted by Crippen LogP contribution is -2.07. The molecule has 0 aliphatic heterocycles. The van der Waals surface area contributed by atoms with Crippen LogP contribution in [0.1, 0.15) is 30.6 Å². The summed E-state index contributed by atoms with van der Waals surface area (Å²) in [5, 5.41) is 12.4. The second kappa shape index (κ2) is 4.22. The van der Waals surface area contributed by atoms with Crippen LogP contribution in [-0.4, -0.2) is 17.6 Å². The highest BCUT2D eigenvalue weighted by Crippen LogP contribution is 2.51. The number of aromatic carboxylic acids is 1. The van der Waals surface area contributed by atoms with Crippen LogP contribution in [0.4, 0.5) is 5.69 Å². The predicted octanol–water partition coefficient (Wildman–Crippen LogP) is 3.50. The molecular formula is C13H16ClNO2. The number of anilines is 1. The molecule has 1 aliphatic carbocycles. The summed E-state index contributed by atoms with van der Waals surface area (Å²) in [5.74, 6) is -0.301. The van der Waals surface area contributed by atoms with E-state index in [9.17, 15) is 4.79 Å². The number of carboxylic acid groups (broad SMARTS) is 1. The van der Waals surface area contributed by atoms with Gasteiger partial charge in [-0.25, -0.2) is 4.79 Å². The molecule has 1 atom stereocenters. The van der Waals surface area contributed by atoms with Gasteiger partial charge in [-0.15, -0.1) is 0 Å². The van der Waals surface area contributed by atoms with E-state index in [1.807, 2.05) is 0 Å². The fraction of sp³-hybridized carbons (Fsp3) is 0.462. The molecule has 1 saturated carbocycles. The summed E-state index contributed by atoms with van der Waals surface area (Å²) in [5.41, 5.74) is 1.46. The molecule has 2 N–H and O–H groups in total. The first-order valence-electron chi connectivity index (χ1n) is 5.67. The highest BCUT2D eigenvalue weighted by Gasteiger charge is 2.44. The Labute approximate surface area is 106 Å². The molecule has 92 valence electrons. The van der Waals surface area contributed by atoms with Gasteiger partial charge in [-0.2, -0.15) is 0 Å². The Kier molecular flexibility index (Phi) is 3.04. The van der Waals surface area contributed by atoms with Crippen molar-refractivity contribution in [3.05, 3.63) is 28.8 Å². The zero-order valence-electron chi connectivity index (χ0n) is 9.96. The highest BCUT2D eigenvalue weighted by molar-refractivity contribution is 6.33. The highest BCUT2D eigenvalue weighted by atomic mass is 35.5. The minimum atomic E-state index is -0.995. The van der Waals surface area contributed by atoms with Crippen LogP contribution in [0.15, 0.2) is 18.2 Å². The number of hydrogen-bond acceptors (Lipinski definition) is 2. The molecule has 0 bridgehead atoms. The van der Waals surface area contributed by atoms with Crippen LogP contribution in [0.3, 0.4) is 0 Å². The zero-order chi connectivity index (χ0) is 12.6. The summed E-state index contributed by atoms with van der Waals surface area (Å²) < 4.78 is 0. The first kappa shape index (κ1) is 12.2. The average molecular weight is 254 g/mol. The summed E-state index contributed by atoms with van der Waals surface area (Å²) >= 11 is 5.89. The molecule has 1 aromatic carbocycles. The lowest BCUT2D eigenvalue weighted by molar-refractivity contribution is 0.0697. The number of benzene rings is 1. The quantitative estimate of drug-likeness (QED) is 0.864. The van der Waals surface area contributed by atoms with Gasteiger partial charge >= 0.3 is 5.97 Å². The number of rotatable bonds is 4. The summed E-state index contributed by atoms with van der Waals surface area (Å²) in [6.07, 6.45) is 1.24. The van der Waals surface area contributed by atoms with Crippen LogP contribution >= 0.6 is 11.6 Å². The monoisotopic (exact) mass is 253 g/mol. The third-order valence-electron chi connectivity index (χ3n) is 3.47. The van der Waals surface area contributed by atoms with Gasteiger partial charge in [0, 0.05) is 12.2 Å². The molecule has 1 aromatic rings.